The van der Waals surface area contributed by atoms with Crippen molar-refractivity contribution in [3.05, 3.63) is 70.8 Å². The van der Waals surface area contributed by atoms with Crippen LogP contribution in [-0.4, -0.2) is 5.91 Å². The van der Waals surface area contributed by atoms with E-state index in [4.69, 9.17) is 5.73 Å². The van der Waals surface area contributed by atoms with Crippen molar-refractivity contribution in [1.29, 1.82) is 0 Å². The molecule has 1 radical (unpaired) electrons. The standard InChI is InChI=1S/C16H16NO/c1-11-7-3-5-9-13(11)15(16(17)18)14-10-6-4-8-12(14)2/h3-10,15,17H,1-2H3. The first kappa shape index (κ1) is 12.4. The largest absolute Gasteiger partial charge is 0.272 e. The minimum atomic E-state index is -0.557. The first-order chi connectivity index (χ1) is 8.61. The highest BCUT2D eigenvalue weighted by Crippen LogP contribution is 2.29. The average Bonchev–Trinajstić information content (AvgIpc) is 2.34. The van der Waals surface area contributed by atoms with E-state index in [2.05, 4.69) is 0 Å². The van der Waals surface area contributed by atoms with Crippen LogP contribution < -0.4 is 5.73 Å². The average molecular weight is 238 g/mol. The van der Waals surface area contributed by atoms with Crippen molar-refractivity contribution in [2.75, 3.05) is 0 Å². The van der Waals surface area contributed by atoms with Crippen molar-refractivity contribution < 1.29 is 4.79 Å². The van der Waals surface area contributed by atoms with E-state index in [0.29, 0.717) is 0 Å². The van der Waals surface area contributed by atoms with Gasteiger partial charge in [-0.1, -0.05) is 48.5 Å². The van der Waals surface area contributed by atoms with Crippen molar-refractivity contribution in [3.8, 4) is 0 Å². The number of amides is 1. The third-order valence-corrected chi connectivity index (χ3v) is 3.26. The van der Waals surface area contributed by atoms with Crippen LogP contribution in [0.5, 0.6) is 0 Å². The lowest BCUT2D eigenvalue weighted by molar-refractivity contribution is -0.119. The Morgan fingerprint density at radius 1 is 0.889 bits per heavy atom. The minimum Gasteiger partial charge on any atom is -0.272 e. The number of hydrogen-bond acceptors (Lipinski definition) is 1. The molecule has 0 aliphatic heterocycles. The lowest BCUT2D eigenvalue weighted by Gasteiger charge is -2.18. The normalized spacial score (nSPS) is 10.6. The van der Waals surface area contributed by atoms with Crippen LogP contribution in [0.25, 0.3) is 0 Å². The molecule has 18 heavy (non-hydrogen) atoms. The van der Waals surface area contributed by atoms with Crippen molar-refractivity contribution in [1.82, 2.24) is 5.73 Å². The Morgan fingerprint density at radius 2 is 1.28 bits per heavy atom. The molecule has 2 nitrogen and oxygen atoms in total. The lowest BCUT2D eigenvalue weighted by Crippen LogP contribution is -2.16. The molecular formula is C16H16NO. The Bertz CT molecular complexity index is 529. The Labute approximate surface area is 107 Å². The molecule has 2 heteroatoms. The molecule has 0 heterocycles. The van der Waals surface area contributed by atoms with E-state index in [9.17, 15) is 4.79 Å². The Kier molecular flexibility index (Phi) is 3.47. The third kappa shape index (κ3) is 2.28. The molecule has 0 spiro atoms. The van der Waals surface area contributed by atoms with Gasteiger partial charge in [-0.3, -0.25) is 10.5 Å². The number of hydrogen-bond donors (Lipinski definition) is 0. The van der Waals surface area contributed by atoms with Gasteiger partial charge < -0.3 is 0 Å². The summed E-state index contributed by atoms with van der Waals surface area (Å²) in [5.74, 6) is -1.04. The summed E-state index contributed by atoms with van der Waals surface area (Å²) in [6, 6.07) is 15.5. The number of benzene rings is 2. The summed E-state index contributed by atoms with van der Waals surface area (Å²) in [4.78, 5) is 11.7. The van der Waals surface area contributed by atoms with Gasteiger partial charge in [-0.05, 0) is 36.1 Å². The van der Waals surface area contributed by atoms with Crippen LogP contribution >= 0.6 is 0 Å². The van der Waals surface area contributed by atoms with E-state index in [1.54, 1.807) is 0 Å². The van der Waals surface area contributed by atoms with Crippen LogP contribution in [0.1, 0.15) is 28.2 Å². The molecule has 0 aliphatic rings. The van der Waals surface area contributed by atoms with Gasteiger partial charge in [-0.15, -0.1) is 0 Å². The van der Waals surface area contributed by atoms with Gasteiger partial charge in [0.25, 0.3) is 0 Å². The fourth-order valence-corrected chi connectivity index (χ4v) is 2.27. The monoisotopic (exact) mass is 238 g/mol. The highest BCUT2D eigenvalue weighted by Gasteiger charge is 2.23. The zero-order valence-corrected chi connectivity index (χ0v) is 10.6. The molecule has 91 valence electrons. The van der Waals surface area contributed by atoms with Crippen LogP contribution in [0.4, 0.5) is 0 Å². The molecule has 0 saturated heterocycles. The summed E-state index contributed by atoms with van der Waals surface area (Å²) in [6.07, 6.45) is 0. The van der Waals surface area contributed by atoms with Crippen LogP contribution in [0.3, 0.4) is 0 Å². The first-order valence-electron chi connectivity index (χ1n) is 5.97. The Balaban J connectivity index is 2.58. The predicted molar refractivity (Wildman–Crippen MR) is 72.3 cm³/mol. The van der Waals surface area contributed by atoms with Crippen LogP contribution in [0.2, 0.25) is 0 Å². The number of carbonyl (C=O) groups is 1. The molecule has 0 unspecified atom stereocenters. The second-order valence-electron chi connectivity index (χ2n) is 4.51. The summed E-state index contributed by atoms with van der Waals surface area (Å²) in [6.45, 7) is 3.95. The SMILES string of the molecule is Cc1ccccc1C(C([NH])=O)c1ccccc1C. The first-order valence-corrected chi connectivity index (χ1v) is 5.97. The molecule has 0 saturated carbocycles. The van der Waals surface area contributed by atoms with Gasteiger partial charge in [0.15, 0.2) is 0 Å². The maximum atomic E-state index is 11.7. The molecule has 1 N–H and O–H groups in total. The molecule has 0 fully saturated rings. The third-order valence-electron chi connectivity index (χ3n) is 3.26. The highest BCUT2D eigenvalue weighted by molar-refractivity contribution is 5.85. The van der Waals surface area contributed by atoms with Gasteiger partial charge >= 0.3 is 0 Å². The zero-order chi connectivity index (χ0) is 13.1. The molecule has 2 aromatic carbocycles. The second kappa shape index (κ2) is 5.05. The lowest BCUT2D eigenvalue weighted by atomic mass is 9.86. The van der Waals surface area contributed by atoms with Crippen LogP contribution in [-0.2, 0) is 4.79 Å². The highest BCUT2D eigenvalue weighted by atomic mass is 16.1. The molecule has 0 atom stereocenters. The van der Waals surface area contributed by atoms with Gasteiger partial charge in [0.05, 0.1) is 5.92 Å². The van der Waals surface area contributed by atoms with E-state index in [-0.39, 0.29) is 0 Å². The molecule has 0 aliphatic carbocycles. The van der Waals surface area contributed by atoms with E-state index in [1.165, 1.54) is 0 Å². The van der Waals surface area contributed by atoms with E-state index >= 15 is 0 Å². The molecular weight excluding hydrogens is 222 g/mol. The van der Waals surface area contributed by atoms with Gasteiger partial charge in [0.2, 0.25) is 5.91 Å². The summed E-state index contributed by atoms with van der Waals surface area (Å²) in [5.41, 5.74) is 11.5. The number of aryl methyl sites for hydroxylation is 2. The van der Waals surface area contributed by atoms with Gasteiger partial charge in [-0.2, -0.15) is 0 Å². The minimum absolute atomic E-state index is 0.479. The summed E-state index contributed by atoms with van der Waals surface area (Å²) >= 11 is 0. The maximum Gasteiger partial charge on any atom is 0.250 e. The van der Waals surface area contributed by atoms with Gasteiger partial charge in [-0.25, -0.2) is 0 Å². The number of rotatable bonds is 3. The number of nitrogens with one attached hydrogen (secondary N) is 1. The van der Waals surface area contributed by atoms with Crippen molar-refractivity contribution in [3.63, 3.8) is 0 Å². The topological polar surface area (TPSA) is 40.9 Å². The van der Waals surface area contributed by atoms with Crippen LogP contribution in [0.15, 0.2) is 48.5 Å². The van der Waals surface area contributed by atoms with E-state index in [1.807, 2.05) is 62.4 Å². The Hall–Kier alpha value is -2.09. The van der Waals surface area contributed by atoms with Crippen molar-refractivity contribution in [2.24, 2.45) is 0 Å². The van der Waals surface area contributed by atoms with Crippen molar-refractivity contribution >= 4 is 5.91 Å². The van der Waals surface area contributed by atoms with Gasteiger partial charge in [0.1, 0.15) is 0 Å². The van der Waals surface area contributed by atoms with Crippen LogP contribution in [0, 0.1) is 13.8 Å². The second-order valence-corrected chi connectivity index (χ2v) is 4.51. The quantitative estimate of drug-likeness (QED) is 0.809. The molecule has 2 aromatic rings. The smallest absolute Gasteiger partial charge is 0.250 e. The maximum absolute atomic E-state index is 11.7. The molecule has 2 rings (SSSR count). The number of carbonyl (C=O) groups excluding carboxylic acids is 1. The van der Waals surface area contributed by atoms with E-state index < -0.39 is 11.8 Å². The van der Waals surface area contributed by atoms with Crippen molar-refractivity contribution in [2.45, 2.75) is 19.8 Å². The Morgan fingerprint density at radius 3 is 1.61 bits per heavy atom. The summed E-state index contributed by atoms with van der Waals surface area (Å²) in [7, 11) is 0. The summed E-state index contributed by atoms with van der Waals surface area (Å²) < 4.78 is 0. The molecule has 0 bridgehead atoms. The molecule has 0 aromatic heterocycles. The fraction of sp³-hybridized carbons (Fsp3) is 0.188. The fourth-order valence-electron chi connectivity index (χ4n) is 2.27. The van der Waals surface area contributed by atoms with E-state index in [0.717, 1.165) is 22.3 Å². The molecule has 1 amide bonds. The summed E-state index contributed by atoms with van der Waals surface area (Å²) in [5, 5.41) is 0. The predicted octanol–water partition coefficient (Wildman–Crippen LogP) is 3.24. The zero-order valence-electron chi connectivity index (χ0n) is 10.6. The van der Waals surface area contributed by atoms with Gasteiger partial charge in [0, 0.05) is 0 Å².